The first kappa shape index (κ1) is 13.7. The minimum atomic E-state index is -2.70. The van der Waals surface area contributed by atoms with Gasteiger partial charge in [-0.3, -0.25) is 0 Å². The highest BCUT2D eigenvalue weighted by Gasteiger charge is 2.46. The fourth-order valence-electron chi connectivity index (χ4n) is 2.46. The molecule has 0 atom stereocenters. The van der Waals surface area contributed by atoms with Crippen molar-refractivity contribution in [3.05, 3.63) is 29.3 Å². The van der Waals surface area contributed by atoms with E-state index in [0.717, 1.165) is 12.8 Å². The quantitative estimate of drug-likeness (QED) is 0.707. The van der Waals surface area contributed by atoms with Crippen molar-refractivity contribution in [3.8, 4) is 0 Å². The summed E-state index contributed by atoms with van der Waals surface area (Å²) in [5, 5.41) is 1.18. The zero-order valence-corrected chi connectivity index (χ0v) is 12.5. The van der Waals surface area contributed by atoms with Crippen molar-refractivity contribution in [2.24, 2.45) is 0 Å². The van der Waals surface area contributed by atoms with Crippen molar-refractivity contribution in [3.63, 3.8) is 0 Å². The van der Waals surface area contributed by atoms with Crippen LogP contribution in [0.5, 0.6) is 0 Å². The Labute approximate surface area is 110 Å². The third kappa shape index (κ3) is 2.38. The van der Waals surface area contributed by atoms with E-state index in [-0.39, 0.29) is 0 Å². The summed E-state index contributed by atoms with van der Waals surface area (Å²) in [5.41, 5.74) is 2.81. The summed E-state index contributed by atoms with van der Waals surface area (Å²) >= 11 is 0. The van der Waals surface area contributed by atoms with Crippen LogP contribution in [-0.4, -0.2) is 28.6 Å². The second-order valence-electron chi connectivity index (χ2n) is 4.30. The predicted octanol–water partition coefficient (Wildman–Crippen LogP) is 2.04. The van der Waals surface area contributed by atoms with Crippen molar-refractivity contribution in [2.45, 2.75) is 33.6 Å². The number of fused-ring (bicyclic) bond motifs is 1. The van der Waals surface area contributed by atoms with Crippen LogP contribution < -0.4 is 5.19 Å². The molecule has 100 valence electrons. The maximum absolute atomic E-state index is 5.96. The zero-order valence-electron chi connectivity index (χ0n) is 11.5. The Morgan fingerprint density at radius 3 is 2.00 bits per heavy atom. The third-order valence-corrected chi connectivity index (χ3v) is 6.38. The van der Waals surface area contributed by atoms with Gasteiger partial charge in [0.05, 0.1) is 0 Å². The Hall–Kier alpha value is -0.683. The number of hydrogen-bond donors (Lipinski definition) is 0. The molecule has 0 saturated heterocycles. The van der Waals surface area contributed by atoms with Crippen LogP contribution in [0.25, 0.3) is 0 Å². The first-order valence-corrected chi connectivity index (χ1v) is 8.53. The molecule has 1 aromatic rings. The second kappa shape index (κ2) is 5.97. The summed E-state index contributed by atoms with van der Waals surface area (Å²) < 4.78 is 17.9. The van der Waals surface area contributed by atoms with Crippen LogP contribution in [0.1, 0.15) is 31.9 Å². The molecular weight excluding hydrogens is 244 g/mol. The number of hydrogen-bond acceptors (Lipinski definition) is 3. The van der Waals surface area contributed by atoms with Gasteiger partial charge in [0.1, 0.15) is 0 Å². The van der Waals surface area contributed by atoms with E-state index in [4.69, 9.17) is 13.3 Å². The Bertz CT molecular complexity index is 389. The van der Waals surface area contributed by atoms with Gasteiger partial charge in [0.15, 0.2) is 0 Å². The summed E-state index contributed by atoms with van der Waals surface area (Å²) in [4.78, 5) is 0. The Morgan fingerprint density at radius 2 is 1.56 bits per heavy atom. The molecule has 4 heteroatoms. The van der Waals surface area contributed by atoms with E-state index < -0.39 is 8.80 Å². The molecule has 0 aromatic heterocycles. The maximum Gasteiger partial charge on any atom is 0.537 e. The molecule has 0 saturated carbocycles. The summed E-state index contributed by atoms with van der Waals surface area (Å²) in [5.74, 6) is 0. The van der Waals surface area contributed by atoms with Crippen molar-refractivity contribution < 1.29 is 13.3 Å². The van der Waals surface area contributed by atoms with E-state index in [1.165, 1.54) is 16.3 Å². The van der Waals surface area contributed by atoms with E-state index in [1.54, 1.807) is 0 Å². The van der Waals surface area contributed by atoms with Gasteiger partial charge in [-0.1, -0.05) is 18.2 Å². The lowest BCUT2D eigenvalue weighted by molar-refractivity contribution is 0.0856. The van der Waals surface area contributed by atoms with Gasteiger partial charge in [-0.2, -0.15) is 0 Å². The highest BCUT2D eigenvalue weighted by molar-refractivity contribution is 6.75. The standard InChI is InChI=1S/C14H22O3Si/c1-4-15-18(16-5-2,17-6-3)14-9-7-8-12-10-11-13(12)14/h7-9H,4-6,10-11H2,1-3H3. The molecular formula is C14H22O3Si. The molecule has 1 aliphatic carbocycles. The van der Waals surface area contributed by atoms with Crippen molar-refractivity contribution in [1.82, 2.24) is 0 Å². The van der Waals surface area contributed by atoms with Gasteiger partial charge in [-0.25, -0.2) is 0 Å². The minimum Gasteiger partial charge on any atom is -0.370 e. The molecule has 1 aromatic carbocycles. The highest BCUT2D eigenvalue weighted by atomic mass is 28.4. The molecule has 0 spiro atoms. The van der Waals surface area contributed by atoms with Crippen molar-refractivity contribution in [2.75, 3.05) is 19.8 Å². The van der Waals surface area contributed by atoms with E-state index in [1.807, 2.05) is 20.8 Å². The molecule has 0 bridgehead atoms. The smallest absolute Gasteiger partial charge is 0.370 e. The van der Waals surface area contributed by atoms with Crippen LogP contribution in [0.3, 0.4) is 0 Å². The van der Waals surface area contributed by atoms with Crippen LogP contribution in [-0.2, 0) is 26.1 Å². The Balaban J connectivity index is 2.40. The SMILES string of the molecule is CCO[Si](OCC)(OCC)c1cccc2c1CC2. The number of aryl methyl sites for hydroxylation is 1. The average molecular weight is 266 g/mol. The highest BCUT2D eigenvalue weighted by Crippen LogP contribution is 2.24. The third-order valence-electron chi connectivity index (χ3n) is 3.25. The largest absolute Gasteiger partial charge is 0.537 e. The maximum atomic E-state index is 5.96. The number of rotatable bonds is 7. The van der Waals surface area contributed by atoms with Gasteiger partial charge < -0.3 is 13.3 Å². The van der Waals surface area contributed by atoms with Gasteiger partial charge in [0.25, 0.3) is 0 Å². The molecule has 0 fully saturated rings. The molecule has 1 aliphatic rings. The van der Waals surface area contributed by atoms with Gasteiger partial charge >= 0.3 is 8.80 Å². The molecule has 18 heavy (non-hydrogen) atoms. The molecule has 0 radical (unpaired) electrons. The summed E-state index contributed by atoms with van der Waals surface area (Å²) in [7, 11) is -2.70. The van der Waals surface area contributed by atoms with Gasteiger partial charge in [-0.15, -0.1) is 0 Å². The molecule has 0 N–H and O–H groups in total. The normalized spacial score (nSPS) is 14.2. The van der Waals surface area contributed by atoms with E-state index in [0.29, 0.717) is 19.8 Å². The fraction of sp³-hybridized carbons (Fsp3) is 0.571. The molecule has 3 nitrogen and oxygen atoms in total. The van der Waals surface area contributed by atoms with Crippen LogP contribution in [0.15, 0.2) is 18.2 Å². The fourth-order valence-corrected chi connectivity index (χ4v) is 5.27. The van der Waals surface area contributed by atoms with Crippen LogP contribution >= 0.6 is 0 Å². The van der Waals surface area contributed by atoms with Crippen LogP contribution in [0, 0.1) is 0 Å². The minimum absolute atomic E-state index is 0.621. The topological polar surface area (TPSA) is 27.7 Å². The zero-order chi connectivity index (χ0) is 13.0. The van der Waals surface area contributed by atoms with Gasteiger partial charge in [0, 0.05) is 25.0 Å². The summed E-state index contributed by atoms with van der Waals surface area (Å²) in [6, 6.07) is 6.39. The molecule has 0 unspecified atom stereocenters. The lowest BCUT2D eigenvalue weighted by Crippen LogP contribution is -2.59. The van der Waals surface area contributed by atoms with Crippen molar-refractivity contribution >= 4 is 14.0 Å². The summed E-state index contributed by atoms with van der Waals surface area (Å²) in [6.45, 7) is 7.85. The molecule has 2 rings (SSSR count). The first-order valence-electron chi connectivity index (χ1n) is 6.80. The van der Waals surface area contributed by atoms with Crippen LogP contribution in [0.2, 0.25) is 0 Å². The lowest BCUT2D eigenvalue weighted by atomic mass is 9.89. The molecule has 0 amide bonds. The van der Waals surface area contributed by atoms with Gasteiger partial charge in [-0.05, 0) is 44.7 Å². The molecule has 0 aliphatic heterocycles. The van der Waals surface area contributed by atoms with Crippen molar-refractivity contribution in [1.29, 1.82) is 0 Å². The predicted molar refractivity (Wildman–Crippen MR) is 74.1 cm³/mol. The van der Waals surface area contributed by atoms with E-state index >= 15 is 0 Å². The average Bonchev–Trinajstić information content (AvgIpc) is 2.31. The number of benzene rings is 1. The monoisotopic (exact) mass is 266 g/mol. The molecule has 0 heterocycles. The van der Waals surface area contributed by atoms with Crippen LogP contribution in [0.4, 0.5) is 0 Å². The summed E-state index contributed by atoms with van der Waals surface area (Å²) in [6.07, 6.45) is 2.28. The lowest BCUT2D eigenvalue weighted by Gasteiger charge is -2.33. The Morgan fingerprint density at radius 1 is 0.944 bits per heavy atom. The second-order valence-corrected chi connectivity index (χ2v) is 6.82. The first-order chi connectivity index (χ1) is 8.77. The Kier molecular flexibility index (Phi) is 4.56. The van der Waals surface area contributed by atoms with E-state index in [2.05, 4.69) is 18.2 Å². The van der Waals surface area contributed by atoms with E-state index in [9.17, 15) is 0 Å². The van der Waals surface area contributed by atoms with Gasteiger partial charge in [0.2, 0.25) is 0 Å².